The number of likely N-dealkylation sites (N-methyl/N-ethyl adjacent to an activating group) is 1. The fourth-order valence-electron chi connectivity index (χ4n) is 1.73. The lowest BCUT2D eigenvalue weighted by Crippen LogP contribution is -2.41. The number of hydrogen-bond acceptors (Lipinski definition) is 3. The summed E-state index contributed by atoms with van der Waals surface area (Å²) in [6.45, 7) is 5.30. The summed E-state index contributed by atoms with van der Waals surface area (Å²) in [5, 5.41) is 6.46. The summed E-state index contributed by atoms with van der Waals surface area (Å²) in [6, 6.07) is 6.00. The van der Waals surface area contributed by atoms with E-state index in [-0.39, 0.29) is 12.5 Å². The van der Waals surface area contributed by atoms with Crippen LogP contribution in [0, 0.1) is 13.8 Å². The van der Waals surface area contributed by atoms with Crippen LogP contribution < -0.4 is 10.6 Å². The van der Waals surface area contributed by atoms with Gasteiger partial charge in [-0.2, -0.15) is 0 Å². The molecule has 1 amide bonds. The molecule has 0 saturated carbocycles. The van der Waals surface area contributed by atoms with Crippen molar-refractivity contribution in [2.24, 2.45) is 0 Å². The first kappa shape index (κ1) is 17.4. The van der Waals surface area contributed by atoms with Crippen molar-refractivity contribution in [3.05, 3.63) is 29.3 Å². The van der Waals surface area contributed by atoms with Crippen molar-refractivity contribution in [1.29, 1.82) is 0 Å². The maximum Gasteiger partial charge on any atom is 0.239 e. The van der Waals surface area contributed by atoms with E-state index in [0.29, 0.717) is 18.3 Å². The number of ether oxygens (including phenoxy) is 1. The van der Waals surface area contributed by atoms with E-state index in [0.717, 1.165) is 11.3 Å². The van der Waals surface area contributed by atoms with E-state index in [1.54, 1.807) is 19.1 Å². The second-order valence-corrected chi connectivity index (χ2v) is 5.26. The Morgan fingerprint density at radius 3 is 2.76 bits per heavy atom. The third-order valence-corrected chi connectivity index (χ3v) is 3.62. The number of nitrogens with one attached hydrogen (secondary N) is 2. The highest BCUT2D eigenvalue weighted by molar-refractivity contribution is 7.80. The fourth-order valence-corrected chi connectivity index (χ4v) is 1.91. The van der Waals surface area contributed by atoms with Gasteiger partial charge in [0.1, 0.15) is 0 Å². The average molecular weight is 309 g/mol. The van der Waals surface area contributed by atoms with Crippen molar-refractivity contribution >= 4 is 28.9 Å². The Kier molecular flexibility index (Phi) is 7.11. The lowest BCUT2D eigenvalue weighted by Gasteiger charge is -2.21. The number of amides is 1. The lowest BCUT2D eigenvalue weighted by molar-refractivity contribution is -0.121. The van der Waals surface area contributed by atoms with Gasteiger partial charge in [0.05, 0.1) is 13.2 Å². The van der Waals surface area contributed by atoms with Crippen LogP contribution in [0.1, 0.15) is 11.1 Å². The quantitative estimate of drug-likeness (QED) is 0.619. The molecule has 1 rings (SSSR count). The Hall–Kier alpha value is -1.66. The van der Waals surface area contributed by atoms with Crippen molar-refractivity contribution in [2.45, 2.75) is 13.8 Å². The number of rotatable bonds is 6. The number of methoxy groups -OCH3 is 1. The van der Waals surface area contributed by atoms with Crippen LogP contribution in [0.4, 0.5) is 5.69 Å². The molecule has 0 heterocycles. The summed E-state index contributed by atoms with van der Waals surface area (Å²) in [4.78, 5) is 13.4. The standard InChI is InChI=1S/C15H23N3O2S/c1-11-6-5-7-13(12(11)2)17-15(21)18(3)10-14(19)16-8-9-20-4/h5-7H,8-10H2,1-4H3,(H,16,19)(H,17,21). The number of benzene rings is 1. The van der Waals surface area contributed by atoms with Crippen molar-refractivity contribution in [3.63, 3.8) is 0 Å². The molecule has 116 valence electrons. The van der Waals surface area contributed by atoms with Gasteiger partial charge in [-0.15, -0.1) is 0 Å². The van der Waals surface area contributed by atoms with E-state index in [4.69, 9.17) is 17.0 Å². The molecule has 1 aromatic rings. The van der Waals surface area contributed by atoms with Crippen LogP contribution in [0.15, 0.2) is 18.2 Å². The molecule has 0 radical (unpaired) electrons. The molecule has 6 heteroatoms. The molecular formula is C15H23N3O2S. The van der Waals surface area contributed by atoms with E-state index >= 15 is 0 Å². The van der Waals surface area contributed by atoms with E-state index in [9.17, 15) is 4.79 Å². The third-order valence-electron chi connectivity index (χ3n) is 3.20. The zero-order valence-corrected chi connectivity index (χ0v) is 13.8. The Labute approximate surface area is 131 Å². The predicted molar refractivity (Wildman–Crippen MR) is 89.7 cm³/mol. The monoisotopic (exact) mass is 309 g/mol. The molecule has 2 N–H and O–H groups in total. The summed E-state index contributed by atoms with van der Waals surface area (Å²) in [5.74, 6) is -0.0836. The second-order valence-electron chi connectivity index (χ2n) is 4.88. The minimum Gasteiger partial charge on any atom is -0.383 e. The Bertz CT molecular complexity index is 506. The molecule has 0 fully saturated rings. The molecule has 21 heavy (non-hydrogen) atoms. The first-order valence-electron chi connectivity index (χ1n) is 6.79. The van der Waals surface area contributed by atoms with Gasteiger partial charge in [0.15, 0.2) is 5.11 Å². The molecular weight excluding hydrogens is 286 g/mol. The number of nitrogens with zero attached hydrogens (tertiary/aromatic N) is 1. The summed E-state index contributed by atoms with van der Waals surface area (Å²) in [5.41, 5.74) is 3.31. The van der Waals surface area contributed by atoms with Crippen LogP contribution >= 0.6 is 12.2 Å². The van der Waals surface area contributed by atoms with Gasteiger partial charge in [0.25, 0.3) is 0 Å². The number of carbonyl (C=O) groups is 1. The molecule has 0 saturated heterocycles. The lowest BCUT2D eigenvalue weighted by atomic mass is 10.1. The van der Waals surface area contributed by atoms with Gasteiger partial charge >= 0.3 is 0 Å². The first-order valence-corrected chi connectivity index (χ1v) is 7.20. The van der Waals surface area contributed by atoms with E-state index in [2.05, 4.69) is 23.6 Å². The van der Waals surface area contributed by atoms with Crippen LogP contribution in [0.5, 0.6) is 0 Å². The molecule has 0 spiro atoms. The summed E-state index contributed by atoms with van der Waals surface area (Å²) >= 11 is 5.33. The van der Waals surface area contributed by atoms with Gasteiger partial charge in [0, 0.05) is 26.4 Å². The smallest absolute Gasteiger partial charge is 0.239 e. The fraction of sp³-hybridized carbons (Fsp3) is 0.467. The molecule has 0 aliphatic carbocycles. The Morgan fingerprint density at radius 2 is 2.10 bits per heavy atom. The van der Waals surface area contributed by atoms with E-state index in [1.165, 1.54) is 5.56 Å². The zero-order chi connectivity index (χ0) is 15.8. The van der Waals surface area contributed by atoms with Crippen LogP contribution in [0.3, 0.4) is 0 Å². The molecule has 0 aromatic heterocycles. The molecule has 0 bridgehead atoms. The topological polar surface area (TPSA) is 53.6 Å². The minimum atomic E-state index is -0.0836. The highest BCUT2D eigenvalue weighted by atomic mass is 32.1. The first-order chi connectivity index (χ1) is 9.95. The maximum absolute atomic E-state index is 11.7. The van der Waals surface area contributed by atoms with E-state index in [1.807, 2.05) is 19.1 Å². The summed E-state index contributed by atoms with van der Waals surface area (Å²) < 4.78 is 4.88. The molecule has 0 unspecified atom stereocenters. The average Bonchev–Trinajstić information content (AvgIpc) is 2.44. The number of hydrogen-bond donors (Lipinski definition) is 2. The highest BCUT2D eigenvalue weighted by Gasteiger charge is 2.10. The van der Waals surface area contributed by atoms with Crippen LogP contribution in [-0.4, -0.2) is 49.8 Å². The Morgan fingerprint density at radius 1 is 1.38 bits per heavy atom. The molecule has 5 nitrogen and oxygen atoms in total. The van der Waals surface area contributed by atoms with Gasteiger partial charge in [-0.25, -0.2) is 0 Å². The van der Waals surface area contributed by atoms with Crippen LogP contribution in [0.25, 0.3) is 0 Å². The molecule has 0 atom stereocenters. The highest BCUT2D eigenvalue weighted by Crippen LogP contribution is 2.18. The van der Waals surface area contributed by atoms with Gasteiger partial charge in [0.2, 0.25) is 5.91 Å². The maximum atomic E-state index is 11.7. The number of thiocarbonyl (C=S) groups is 1. The van der Waals surface area contributed by atoms with Crippen LogP contribution in [0.2, 0.25) is 0 Å². The molecule has 0 aliphatic heterocycles. The van der Waals surface area contributed by atoms with Crippen molar-refractivity contribution < 1.29 is 9.53 Å². The SMILES string of the molecule is COCCNC(=O)CN(C)C(=S)Nc1cccc(C)c1C. The number of aryl methyl sites for hydroxylation is 1. The summed E-state index contributed by atoms with van der Waals surface area (Å²) in [6.07, 6.45) is 0. The van der Waals surface area contributed by atoms with Gasteiger partial charge in [-0.3, -0.25) is 4.79 Å². The van der Waals surface area contributed by atoms with Crippen molar-refractivity contribution in [1.82, 2.24) is 10.2 Å². The minimum absolute atomic E-state index is 0.0836. The number of carbonyl (C=O) groups excluding carboxylic acids is 1. The Balaban J connectivity index is 2.51. The predicted octanol–water partition coefficient (Wildman–Crippen LogP) is 1.69. The normalized spacial score (nSPS) is 10.1. The third kappa shape index (κ3) is 5.69. The van der Waals surface area contributed by atoms with Gasteiger partial charge in [-0.1, -0.05) is 12.1 Å². The van der Waals surface area contributed by atoms with Crippen molar-refractivity contribution in [3.8, 4) is 0 Å². The van der Waals surface area contributed by atoms with Crippen LogP contribution in [-0.2, 0) is 9.53 Å². The van der Waals surface area contributed by atoms with Gasteiger partial charge < -0.3 is 20.3 Å². The number of anilines is 1. The largest absolute Gasteiger partial charge is 0.383 e. The zero-order valence-electron chi connectivity index (χ0n) is 13.0. The van der Waals surface area contributed by atoms with Gasteiger partial charge in [-0.05, 0) is 43.3 Å². The van der Waals surface area contributed by atoms with E-state index < -0.39 is 0 Å². The second kappa shape index (κ2) is 8.59. The summed E-state index contributed by atoms with van der Waals surface area (Å²) in [7, 11) is 3.39. The molecule has 1 aromatic carbocycles. The molecule has 0 aliphatic rings. The van der Waals surface area contributed by atoms with Crippen molar-refractivity contribution in [2.75, 3.05) is 39.2 Å².